The second-order valence-corrected chi connectivity index (χ2v) is 10.5. The standard InChI is InChI=1S/C31H36N6O4/c1-5-40-27(38)20-26(23-14-10-7-11-15-23)37-29(34-35-36-37)28(32-21-22-12-8-6-9-13-22)24-16-18-25(19-17-24)33-30(39)41-31(2,3)4/h6-19,26,28,32H,5,20-21H2,1-4H3,(H,33,39). The molecule has 3 aromatic carbocycles. The summed E-state index contributed by atoms with van der Waals surface area (Å²) >= 11 is 0. The van der Waals surface area contributed by atoms with Crippen LogP contribution >= 0.6 is 0 Å². The summed E-state index contributed by atoms with van der Waals surface area (Å²) in [6, 6.07) is 26.1. The van der Waals surface area contributed by atoms with Gasteiger partial charge in [0.05, 0.1) is 25.1 Å². The van der Waals surface area contributed by atoms with Gasteiger partial charge in [-0.05, 0) is 66.9 Å². The fourth-order valence-corrected chi connectivity index (χ4v) is 4.37. The quantitative estimate of drug-likeness (QED) is 0.234. The number of nitrogens with zero attached hydrogens (tertiary/aromatic N) is 4. The number of carbonyl (C=O) groups is 2. The molecule has 0 fully saturated rings. The van der Waals surface area contributed by atoms with Crippen LogP contribution in [0.3, 0.4) is 0 Å². The Bertz CT molecular complexity index is 1400. The zero-order chi connectivity index (χ0) is 29.2. The van der Waals surface area contributed by atoms with Crippen LogP contribution in [-0.2, 0) is 20.8 Å². The van der Waals surface area contributed by atoms with Crippen LogP contribution in [0.15, 0.2) is 84.9 Å². The van der Waals surface area contributed by atoms with Crippen molar-refractivity contribution < 1.29 is 19.1 Å². The number of amides is 1. The van der Waals surface area contributed by atoms with Gasteiger partial charge in [0.15, 0.2) is 5.82 Å². The highest BCUT2D eigenvalue weighted by atomic mass is 16.6. The van der Waals surface area contributed by atoms with Crippen LogP contribution in [0.1, 0.15) is 68.7 Å². The third-order valence-corrected chi connectivity index (χ3v) is 6.16. The summed E-state index contributed by atoms with van der Waals surface area (Å²) in [4.78, 5) is 24.9. The number of rotatable bonds is 11. The molecule has 4 rings (SSSR count). The molecule has 1 amide bonds. The van der Waals surface area contributed by atoms with Gasteiger partial charge >= 0.3 is 12.1 Å². The maximum atomic E-state index is 12.6. The summed E-state index contributed by atoms with van der Waals surface area (Å²) in [6.45, 7) is 8.05. The summed E-state index contributed by atoms with van der Waals surface area (Å²) in [5, 5.41) is 19.1. The minimum absolute atomic E-state index is 0.0695. The number of esters is 1. The van der Waals surface area contributed by atoms with Crippen molar-refractivity contribution in [2.45, 2.75) is 58.3 Å². The Balaban J connectivity index is 1.67. The van der Waals surface area contributed by atoms with Gasteiger partial charge < -0.3 is 9.47 Å². The predicted molar refractivity (Wildman–Crippen MR) is 155 cm³/mol. The monoisotopic (exact) mass is 556 g/mol. The largest absolute Gasteiger partial charge is 0.466 e. The van der Waals surface area contributed by atoms with Crippen molar-refractivity contribution in [2.75, 3.05) is 11.9 Å². The van der Waals surface area contributed by atoms with Crippen LogP contribution in [0, 0.1) is 0 Å². The Morgan fingerprint density at radius 3 is 2.20 bits per heavy atom. The highest BCUT2D eigenvalue weighted by Crippen LogP contribution is 2.29. The maximum absolute atomic E-state index is 12.6. The van der Waals surface area contributed by atoms with E-state index in [1.165, 1.54) is 0 Å². The van der Waals surface area contributed by atoms with Gasteiger partial charge in [-0.15, -0.1) is 5.10 Å². The number of ether oxygens (including phenoxy) is 2. The lowest BCUT2D eigenvalue weighted by Crippen LogP contribution is -2.29. The minimum Gasteiger partial charge on any atom is -0.466 e. The molecule has 1 heterocycles. The molecular formula is C31H36N6O4. The highest BCUT2D eigenvalue weighted by Gasteiger charge is 2.28. The van der Waals surface area contributed by atoms with E-state index in [4.69, 9.17) is 9.47 Å². The highest BCUT2D eigenvalue weighted by molar-refractivity contribution is 5.84. The van der Waals surface area contributed by atoms with E-state index < -0.39 is 23.8 Å². The average Bonchev–Trinajstić information content (AvgIpc) is 3.42. The smallest absolute Gasteiger partial charge is 0.412 e. The van der Waals surface area contributed by atoms with E-state index in [0.717, 1.165) is 16.7 Å². The molecule has 0 spiro atoms. The first kappa shape index (κ1) is 29.4. The first-order valence-corrected chi connectivity index (χ1v) is 13.6. The van der Waals surface area contributed by atoms with E-state index in [-0.39, 0.29) is 19.0 Å². The number of benzene rings is 3. The SMILES string of the molecule is CCOC(=O)CC(c1ccccc1)n1nnnc1C(NCc1ccccc1)c1ccc(NC(=O)OC(C)(C)C)cc1. The number of nitrogens with one attached hydrogen (secondary N) is 2. The number of tetrazole rings is 1. The normalized spacial score (nSPS) is 12.8. The molecule has 0 aliphatic heterocycles. The Kier molecular flexibility index (Phi) is 9.81. The molecule has 214 valence electrons. The molecule has 0 radical (unpaired) electrons. The Morgan fingerprint density at radius 2 is 1.56 bits per heavy atom. The van der Waals surface area contributed by atoms with Crippen molar-refractivity contribution in [3.05, 3.63) is 107 Å². The van der Waals surface area contributed by atoms with Gasteiger partial charge in [0.1, 0.15) is 5.60 Å². The van der Waals surface area contributed by atoms with E-state index in [2.05, 4.69) is 26.2 Å². The van der Waals surface area contributed by atoms with Crippen LogP contribution in [-0.4, -0.2) is 44.5 Å². The average molecular weight is 557 g/mol. The number of anilines is 1. The molecule has 10 nitrogen and oxygen atoms in total. The van der Waals surface area contributed by atoms with Crippen molar-refractivity contribution in [1.29, 1.82) is 0 Å². The molecule has 4 aromatic rings. The zero-order valence-electron chi connectivity index (χ0n) is 23.8. The molecule has 2 unspecified atom stereocenters. The minimum atomic E-state index is -0.605. The van der Waals surface area contributed by atoms with Crippen LogP contribution in [0.2, 0.25) is 0 Å². The first-order valence-electron chi connectivity index (χ1n) is 13.6. The van der Waals surface area contributed by atoms with Crippen LogP contribution in [0.4, 0.5) is 10.5 Å². The number of aromatic nitrogens is 4. The van der Waals surface area contributed by atoms with Crippen molar-refractivity contribution in [2.24, 2.45) is 0 Å². The maximum Gasteiger partial charge on any atom is 0.412 e. The molecule has 2 atom stereocenters. The van der Waals surface area contributed by atoms with Gasteiger partial charge in [-0.1, -0.05) is 72.8 Å². The zero-order valence-corrected chi connectivity index (χ0v) is 23.8. The van der Waals surface area contributed by atoms with E-state index in [9.17, 15) is 9.59 Å². The Hall–Kier alpha value is -4.57. The van der Waals surface area contributed by atoms with Crippen LogP contribution in [0.5, 0.6) is 0 Å². The molecule has 1 aromatic heterocycles. The Labute approximate surface area is 240 Å². The lowest BCUT2D eigenvalue weighted by molar-refractivity contribution is -0.143. The topological polar surface area (TPSA) is 120 Å². The third-order valence-electron chi connectivity index (χ3n) is 6.16. The van der Waals surface area contributed by atoms with Gasteiger partial charge in [-0.2, -0.15) is 0 Å². The van der Waals surface area contributed by atoms with E-state index >= 15 is 0 Å². The fraction of sp³-hybridized carbons (Fsp3) is 0.323. The lowest BCUT2D eigenvalue weighted by atomic mass is 10.0. The van der Waals surface area contributed by atoms with Crippen molar-refractivity contribution in [1.82, 2.24) is 25.5 Å². The first-order chi connectivity index (χ1) is 19.7. The lowest BCUT2D eigenvalue weighted by Gasteiger charge is -2.23. The second kappa shape index (κ2) is 13.7. The fourth-order valence-electron chi connectivity index (χ4n) is 4.37. The molecule has 2 N–H and O–H groups in total. The van der Waals surface area contributed by atoms with Crippen molar-refractivity contribution >= 4 is 17.7 Å². The van der Waals surface area contributed by atoms with Gasteiger partial charge in [0.2, 0.25) is 0 Å². The van der Waals surface area contributed by atoms with Gasteiger partial charge in [-0.25, -0.2) is 9.48 Å². The molecular weight excluding hydrogens is 520 g/mol. The van der Waals surface area contributed by atoms with E-state index in [1.807, 2.05) is 93.6 Å². The van der Waals surface area contributed by atoms with Crippen molar-refractivity contribution in [3.63, 3.8) is 0 Å². The summed E-state index contributed by atoms with van der Waals surface area (Å²) in [5.41, 5.74) is 2.83. The summed E-state index contributed by atoms with van der Waals surface area (Å²) in [5.74, 6) is 0.195. The predicted octanol–water partition coefficient (Wildman–Crippen LogP) is 5.44. The van der Waals surface area contributed by atoms with Crippen LogP contribution < -0.4 is 10.6 Å². The molecule has 0 saturated heterocycles. The molecule has 0 aliphatic rings. The van der Waals surface area contributed by atoms with Crippen molar-refractivity contribution in [3.8, 4) is 0 Å². The summed E-state index contributed by atoms with van der Waals surface area (Å²) in [6.07, 6.45) is -0.460. The van der Waals surface area contributed by atoms with Gasteiger partial charge in [0, 0.05) is 12.2 Å². The third kappa shape index (κ3) is 8.46. The van der Waals surface area contributed by atoms with Gasteiger partial charge in [0.25, 0.3) is 0 Å². The molecule has 0 saturated carbocycles. The number of carbonyl (C=O) groups excluding carboxylic acids is 2. The molecule has 10 heteroatoms. The molecule has 41 heavy (non-hydrogen) atoms. The Morgan fingerprint density at radius 1 is 0.902 bits per heavy atom. The molecule has 0 bridgehead atoms. The second-order valence-electron chi connectivity index (χ2n) is 10.5. The summed E-state index contributed by atoms with van der Waals surface area (Å²) < 4.78 is 12.3. The van der Waals surface area contributed by atoms with E-state index in [1.54, 1.807) is 23.7 Å². The summed E-state index contributed by atoms with van der Waals surface area (Å²) in [7, 11) is 0. The number of hydrogen-bond donors (Lipinski definition) is 2. The number of hydrogen-bond acceptors (Lipinski definition) is 8. The molecule has 0 aliphatic carbocycles. The van der Waals surface area contributed by atoms with Crippen LogP contribution in [0.25, 0.3) is 0 Å². The van der Waals surface area contributed by atoms with E-state index in [0.29, 0.717) is 18.1 Å². The van der Waals surface area contributed by atoms with Gasteiger partial charge in [-0.3, -0.25) is 15.4 Å².